The van der Waals surface area contributed by atoms with Crippen LogP contribution < -0.4 is 5.32 Å². The minimum atomic E-state index is -0.368. The Labute approximate surface area is 158 Å². The van der Waals surface area contributed by atoms with Crippen LogP contribution in [0.1, 0.15) is 39.2 Å². The number of amidine groups is 2. The first-order valence-electron chi connectivity index (χ1n) is 9.02. The fourth-order valence-electron chi connectivity index (χ4n) is 3.05. The van der Waals surface area contributed by atoms with Gasteiger partial charge in [-0.2, -0.15) is 4.99 Å². The first kappa shape index (κ1) is 18.6. The zero-order valence-corrected chi connectivity index (χ0v) is 16.2. The van der Waals surface area contributed by atoms with Gasteiger partial charge in [0.15, 0.2) is 5.17 Å². The van der Waals surface area contributed by atoms with Crippen molar-refractivity contribution in [2.45, 2.75) is 39.7 Å². The molecule has 1 unspecified atom stereocenters. The SMILES string of the molecule is CCCCNC(=O)CSC1=Nc2ccccc2C2=NC(=O)C(C(C)C)N12. The molecular formula is C19H24N4O2S. The lowest BCUT2D eigenvalue weighted by Gasteiger charge is -2.32. The number of rotatable bonds is 6. The van der Waals surface area contributed by atoms with Gasteiger partial charge in [-0.25, -0.2) is 4.99 Å². The summed E-state index contributed by atoms with van der Waals surface area (Å²) in [7, 11) is 0. The number of hydrogen-bond donors (Lipinski definition) is 1. The van der Waals surface area contributed by atoms with E-state index in [1.165, 1.54) is 11.8 Å². The average Bonchev–Trinajstić information content (AvgIpc) is 2.97. The molecule has 0 spiro atoms. The van der Waals surface area contributed by atoms with Crippen LogP contribution in [-0.2, 0) is 9.59 Å². The lowest BCUT2D eigenvalue weighted by molar-refractivity contribution is -0.120. The molecule has 0 aliphatic carbocycles. The normalized spacial score (nSPS) is 18.4. The maximum absolute atomic E-state index is 12.5. The van der Waals surface area contributed by atoms with E-state index in [1.807, 2.05) is 43.0 Å². The molecule has 6 nitrogen and oxygen atoms in total. The third kappa shape index (κ3) is 3.67. The molecule has 2 aliphatic rings. The number of thioether (sulfide) groups is 1. The Bertz CT molecular complexity index is 773. The highest BCUT2D eigenvalue weighted by atomic mass is 32.2. The van der Waals surface area contributed by atoms with Gasteiger partial charge in [0.25, 0.3) is 5.91 Å². The van der Waals surface area contributed by atoms with E-state index in [-0.39, 0.29) is 29.5 Å². The van der Waals surface area contributed by atoms with Crippen molar-refractivity contribution in [3.8, 4) is 0 Å². The number of carbonyl (C=O) groups excluding carboxylic acids is 2. The molecule has 2 aliphatic heterocycles. The molecule has 1 aromatic carbocycles. The first-order valence-corrected chi connectivity index (χ1v) is 10.0. The van der Waals surface area contributed by atoms with Crippen molar-refractivity contribution in [3.63, 3.8) is 0 Å². The van der Waals surface area contributed by atoms with E-state index in [0.717, 1.165) is 24.1 Å². The van der Waals surface area contributed by atoms with Crippen molar-refractivity contribution >= 4 is 40.3 Å². The molecule has 1 N–H and O–H groups in total. The molecule has 0 aromatic heterocycles. The van der Waals surface area contributed by atoms with E-state index < -0.39 is 0 Å². The molecule has 2 heterocycles. The summed E-state index contributed by atoms with van der Waals surface area (Å²) >= 11 is 1.36. The van der Waals surface area contributed by atoms with Crippen LogP contribution >= 0.6 is 11.8 Å². The van der Waals surface area contributed by atoms with Crippen molar-refractivity contribution < 1.29 is 9.59 Å². The second-order valence-corrected chi connectivity index (χ2v) is 7.68. The highest BCUT2D eigenvalue weighted by Crippen LogP contribution is 2.35. The molecule has 0 bridgehead atoms. The van der Waals surface area contributed by atoms with E-state index in [1.54, 1.807) is 0 Å². The van der Waals surface area contributed by atoms with Crippen LogP contribution in [0.4, 0.5) is 5.69 Å². The number of benzene rings is 1. The van der Waals surface area contributed by atoms with Gasteiger partial charge in [0.1, 0.15) is 11.9 Å². The highest BCUT2D eigenvalue weighted by Gasteiger charge is 2.43. The average molecular weight is 372 g/mol. The van der Waals surface area contributed by atoms with E-state index >= 15 is 0 Å². The summed E-state index contributed by atoms with van der Waals surface area (Å²) in [6, 6.07) is 7.30. The predicted molar refractivity (Wildman–Crippen MR) is 106 cm³/mol. The second-order valence-electron chi connectivity index (χ2n) is 6.74. The standard InChI is InChI=1S/C19H24N4O2S/c1-4-5-10-20-15(24)11-26-19-21-14-9-7-6-8-13(14)17-22-18(25)16(12(2)3)23(17)19/h6-9,12,16H,4-5,10-11H2,1-3H3,(H,20,24). The largest absolute Gasteiger partial charge is 0.355 e. The lowest BCUT2D eigenvalue weighted by atomic mass is 10.0. The fraction of sp³-hybridized carbons (Fsp3) is 0.474. The number of fused-ring (bicyclic) bond motifs is 3. The molecule has 0 saturated carbocycles. The van der Waals surface area contributed by atoms with E-state index in [2.05, 4.69) is 17.2 Å². The zero-order chi connectivity index (χ0) is 18.7. The minimum Gasteiger partial charge on any atom is -0.355 e. The van der Waals surface area contributed by atoms with Gasteiger partial charge in [-0.05, 0) is 24.5 Å². The number of nitrogens with zero attached hydrogens (tertiary/aromatic N) is 3. The third-order valence-corrected chi connectivity index (χ3v) is 5.31. The Hall–Kier alpha value is -2.15. The predicted octanol–water partition coefficient (Wildman–Crippen LogP) is 2.95. The van der Waals surface area contributed by atoms with Crippen LogP contribution in [0, 0.1) is 5.92 Å². The van der Waals surface area contributed by atoms with Gasteiger partial charge >= 0.3 is 0 Å². The van der Waals surface area contributed by atoms with Crippen molar-refractivity contribution in [2.24, 2.45) is 15.9 Å². The van der Waals surface area contributed by atoms with Gasteiger partial charge in [0.2, 0.25) is 5.91 Å². The lowest BCUT2D eigenvalue weighted by Crippen LogP contribution is -2.46. The topological polar surface area (TPSA) is 74.1 Å². The molecule has 7 heteroatoms. The summed E-state index contributed by atoms with van der Waals surface area (Å²) in [5, 5.41) is 3.58. The summed E-state index contributed by atoms with van der Waals surface area (Å²) in [5.74, 6) is 0.849. The molecule has 1 aromatic rings. The molecule has 0 fully saturated rings. The molecular weight excluding hydrogens is 348 g/mol. The second kappa shape index (κ2) is 8.03. The van der Waals surface area contributed by atoms with Gasteiger partial charge < -0.3 is 5.32 Å². The van der Waals surface area contributed by atoms with Crippen LogP contribution in [0.25, 0.3) is 0 Å². The molecule has 26 heavy (non-hydrogen) atoms. The molecule has 138 valence electrons. The van der Waals surface area contributed by atoms with Crippen molar-refractivity contribution in [3.05, 3.63) is 29.8 Å². The molecule has 0 saturated heterocycles. The number of amides is 2. The Morgan fingerprint density at radius 1 is 1.31 bits per heavy atom. The van der Waals surface area contributed by atoms with E-state index in [9.17, 15) is 9.59 Å². The number of nitrogens with one attached hydrogen (secondary N) is 1. The van der Waals surface area contributed by atoms with Crippen LogP contribution in [0.3, 0.4) is 0 Å². The van der Waals surface area contributed by atoms with Crippen molar-refractivity contribution in [2.75, 3.05) is 12.3 Å². The molecule has 3 rings (SSSR count). The van der Waals surface area contributed by atoms with Gasteiger partial charge in [0.05, 0.1) is 11.4 Å². The minimum absolute atomic E-state index is 0.0184. The smallest absolute Gasteiger partial charge is 0.271 e. The Kier molecular flexibility index (Phi) is 5.76. The van der Waals surface area contributed by atoms with E-state index in [0.29, 0.717) is 17.5 Å². The number of aliphatic imine (C=N–C) groups is 2. The van der Waals surface area contributed by atoms with Crippen LogP contribution in [0.2, 0.25) is 0 Å². The molecule has 2 amide bonds. The summed E-state index contributed by atoms with van der Waals surface area (Å²) in [4.78, 5) is 35.5. The van der Waals surface area contributed by atoms with Crippen molar-refractivity contribution in [1.82, 2.24) is 10.2 Å². The fourth-order valence-corrected chi connectivity index (χ4v) is 3.92. The number of unbranched alkanes of at least 4 members (excludes halogenated alkanes) is 1. The zero-order valence-electron chi connectivity index (χ0n) is 15.4. The third-order valence-electron chi connectivity index (χ3n) is 4.36. The van der Waals surface area contributed by atoms with Crippen LogP contribution in [0.15, 0.2) is 34.3 Å². The quantitative estimate of drug-likeness (QED) is 0.779. The maximum atomic E-state index is 12.5. The summed E-state index contributed by atoms with van der Waals surface area (Å²) in [5.41, 5.74) is 1.65. The Morgan fingerprint density at radius 2 is 2.08 bits per heavy atom. The summed E-state index contributed by atoms with van der Waals surface area (Å²) < 4.78 is 0. The van der Waals surface area contributed by atoms with E-state index in [4.69, 9.17) is 4.99 Å². The maximum Gasteiger partial charge on any atom is 0.271 e. The number of para-hydroxylation sites is 1. The van der Waals surface area contributed by atoms with Gasteiger partial charge in [0, 0.05) is 12.1 Å². The van der Waals surface area contributed by atoms with Gasteiger partial charge in [-0.1, -0.05) is 51.1 Å². The molecule has 0 radical (unpaired) electrons. The van der Waals surface area contributed by atoms with Crippen molar-refractivity contribution in [1.29, 1.82) is 0 Å². The van der Waals surface area contributed by atoms with Crippen LogP contribution in [0.5, 0.6) is 0 Å². The van der Waals surface area contributed by atoms with Gasteiger partial charge in [-0.3, -0.25) is 14.5 Å². The monoisotopic (exact) mass is 372 g/mol. The number of hydrogen-bond acceptors (Lipinski definition) is 5. The Morgan fingerprint density at radius 3 is 2.81 bits per heavy atom. The first-order chi connectivity index (χ1) is 12.5. The summed E-state index contributed by atoms with van der Waals surface area (Å²) in [6.07, 6.45) is 2.01. The van der Waals surface area contributed by atoms with Gasteiger partial charge in [-0.15, -0.1) is 0 Å². The number of carbonyl (C=O) groups is 2. The summed E-state index contributed by atoms with van der Waals surface area (Å²) in [6.45, 7) is 6.78. The highest BCUT2D eigenvalue weighted by molar-refractivity contribution is 8.14. The van der Waals surface area contributed by atoms with Crippen LogP contribution in [-0.4, -0.2) is 46.1 Å². The Balaban J connectivity index is 1.83. The molecule has 1 atom stereocenters.